The highest BCUT2D eigenvalue weighted by Crippen LogP contribution is 2.33. The summed E-state index contributed by atoms with van der Waals surface area (Å²) < 4.78 is 24.3. The summed E-state index contributed by atoms with van der Waals surface area (Å²) in [5.74, 6) is 2.07. The van der Waals surface area contributed by atoms with Crippen LogP contribution < -0.4 is 20.1 Å². The first-order valence-electron chi connectivity index (χ1n) is 12.3. The lowest BCUT2D eigenvalue weighted by atomic mass is 9.92. The number of nitrogens with one attached hydrogen (secondary N) is 3. The van der Waals surface area contributed by atoms with Crippen LogP contribution in [0, 0.1) is 5.92 Å². The molecule has 38 heavy (non-hydrogen) atoms. The fourth-order valence-electron chi connectivity index (χ4n) is 4.52. The maximum absolute atomic E-state index is 12.5. The van der Waals surface area contributed by atoms with Crippen LogP contribution in [0.15, 0.2) is 67.4 Å². The molecule has 1 amide bonds. The standard InChI is InChI=1S/C28H29FN6O3/c1-3-25(36)31-20-5-4-6-21(15-20)38-27-22-9-11-30-26(22)33-28(34-27)32-23-8-7-18(14-24(23)37-2)13-19-16-35(17-19)12-10-29/h3-9,11,14-15,19H,1,10,12-13,16-17H2,2H3,(H,31,36)(H2,30,32,33,34). The Bertz CT molecular complexity index is 1450. The normalized spacial score (nSPS) is 13.6. The molecule has 0 aliphatic carbocycles. The van der Waals surface area contributed by atoms with Crippen molar-refractivity contribution in [3.05, 3.63) is 72.9 Å². The zero-order valence-electron chi connectivity index (χ0n) is 21.0. The van der Waals surface area contributed by atoms with E-state index < -0.39 is 0 Å². The zero-order chi connectivity index (χ0) is 26.5. The molecule has 1 fully saturated rings. The quantitative estimate of drug-likeness (QED) is 0.239. The summed E-state index contributed by atoms with van der Waals surface area (Å²) in [5, 5.41) is 6.67. The number of hydrogen-bond donors (Lipinski definition) is 3. The van der Waals surface area contributed by atoms with Crippen molar-refractivity contribution in [2.75, 3.05) is 44.1 Å². The molecule has 3 heterocycles. The van der Waals surface area contributed by atoms with E-state index in [1.165, 1.54) is 6.08 Å². The number of ether oxygens (including phenoxy) is 2. The second kappa shape index (κ2) is 11.3. The Morgan fingerprint density at radius 3 is 2.89 bits per heavy atom. The predicted molar refractivity (Wildman–Crippen MR) is 145 cm³/mol. The van der Waals surface area contributed by atoms with Crippen LogP contribution in [-0.2, 0) is 11.2 Å². The highest BCUT2D eigenvalue weighted by atomic mass is 19.1. The lowest BCUT2D eigenvalue weighted by Crippen LogP contribution is -2.48. The number of anilines is 3. The van der Waals surface area contributed by atoms with Gasteiger partial charge in [-0.1, -0.05) is 18.7 Å². The zero-order valence-corrected chi connectivity index (χ0v) is 21.0. The molecule has 1 aliphatic rings. The number of rotatable bonds is 11. The third-order valence-electron chi connectivity index (χ3n) is 6.35. The summed E-state index contributed by atoms with van der Waals surface area (Å²) >= 11 is 0. The largest absolute Gasteiger partial charge is 0.495 e. The van der Waals surface area contributed by atoms with Gasteiger partial charge in [-0.25, -0.2) is 4.39 Å². The number of hydrogen-bond acceptors (Lipinski definition) is 7. The molecule has 2 aromatic heterocycles. The Balaban J connectivity index is 1.34. The van der Waals surface area contributed by atoms with E-state index in [2.05, 4.69) is 43.1 Å². The number of methoxy groups -OCH3 is 1. The summed E-state index contributed by atoms with van der Waals surface area (Å²) in [6.45, 7) is 5.52. The van der Waals surface area contributed by atoms with Gasteiger partial charge in [0.05, 0.1) is 18.2 Å². The monoisotopic (exact) mass is 516 g/mol. The maximum atomic E-state index is 12.5. The van der Waals surface area contributed by atoms with Gasteiger partial charge < -0.3 is 30.0 Å². The lowest BCUT2D eigenvalue weighted by Gasteiger charge is -2.38. The number of fused-ring (bicyclic) bond motifs is 1. The number of halogens is 1. The van der Waals surface area contributed by atoms with Crippen LogP contribution in [0.4, 0.5) is 21.7 Å². The van der Waals surface area contributed by atoms with E-state index in [0.29, 0.717) is 52.5 Å². The number of nitrogens with zero attached hydrogens (tertiary/aromatic N) is 3. The maximum Gasteiger partial charge on any atom is 0.247 e. The molecule has 0 saturated carbocycles. The van der Waals surface area contributed by atoms with Gasteiger partial charge in [-0.05, 0) is 54.3 Å². The summed E-state index contributed by atoms with van der Waals surface area (Å²) in [5.41, 5.74) is 3.05. The Labute approximate surface area is 219 Å². The first-order valence-corrected chi connectivity index (χ1v) is 12.3. The van der Waals surface area contributed by atoms with E-state index in [0.717, 1.165) is 30.8 Å². The molecule has 0 radical (unpaired) electrons. The van der Waals surface area contributed by atoms with Crippen LogP contribution >= 0.6 is 0 Å². The third kappa shape index (κ3) is 5.76. The first kappa shape index (κ1) is 25.2. The van der Waals surface area contributed by atoms with E-state index in [4.69, 9.17) is 9.47 Å². The van der Waals surface area contributed by atoms with Gasteiger partial charge >= 0.3 is 0 Å². The number of aromatic nitrogens is 3. The summed E-state index contributed by atoms with van der Waals surface area (Å²) in [6.07, 6.45) is 3.88. The highest BCUT2D eigenvalue weighted by molar-refractivity contribution is 5.99. The Kier molecular flexibility index (Phi) is 7.50. The van der Waals surface area contributed by atoms with E-state index in [1.54, 1.807) is 37.6 Å². The molecular formula is C28H29FN6O3. The number of benzene rings is 2. The minimum Gasteiger partial charge on any atom is -0.495 e. The molecule has 2 aromatic carbocycles. The van der Waals surface area contributed by atoms with Crippen molar-refractivity contribution in [1.29, 1.82) is 0 Å². The van der Waals surface area contributed by atoms with E-state index in [-0.39, 0.29) is 12.6 Å². The summed E-state index contributed by atoms with van der Waals surface area (Å²) in [7, 11) is 1.62. The van der Waals surface area contributed by atoms with Crippen LogP contribution in [0.1, 0.15) is 5.56 Å². The number of carbonyl (C=O) groups excluding carboxylic acids is 1. The molecule has 1 saturated heterocycles. The fraction of sp³-hybridized carbons (Fsp3) is 0.250. The number of carbonyl (C=O) groups is 1. The Hall–Kier alpha value is -4.44. The van der Waals surface area contributed by atoms with Gasteiger partial charge in [0.1, 0.15) is 23.8 Å². The van der Waals surface area contributed by atoms with E-state index in [1.807, 2.05) is 18.2 Å². The van der Waals surface area contributed by atoms with Crippen molar-refractivity contribution in [2.45, 2.75) is 6.42 Å². The predicted octanol–water partition coefficient (Wildman–Crippen LogP) is 5.07. The minimum atomic E-state index is -0.310. The Morgan fingerprint density at radius 1 is 1.24 bits per heavy atom. The number of H-pyrrole nitrogens is 1. The molecule has 5 rings (SSSR count). The second-order valence-electron chi connectivity index (χ2n) is 9.09. The van der Waals surface area contributed by atoms with Gasteiger partial charge in [0.2, 0.25) is 17.7 Å². The van der Waals surface area contributed by atoms with Crippen molar-refractivity contribution in [1.82, 2.24) is 19.9 Å². The molecule has 4 aromatic rings. The van der Waals surface area contributed by atoms with Crippen molar-refractivity contribution < 1.29 is 18.7 Å². The van der Waals surface area contributed by atoms with Gasteiger partial charge in [-0.15, -0.1) is 0 Å². The number of likely N-dealkylation sites (tertiary alicyclic amines) is 1. The summed E-state index contributed by atoms with van der Waals surface area (Å²) in [6, 6.07) is 14.9. The van der Waals surface area contributed by atoms with Crippen LogP contribution in [0.2, 0.25) is 0 Å². The average molecular weight is 517 g/mol. The molecule has 9 nitrogen and oxygen atoms in total. The van der Waals surface area contributed by atoms with Crippen LogP contribution in [0.5, 0.6) is 17.4 Å². The molecule has 196 valence electrons. The molecule has 0 spiro atoms. The number of alkyl halides is 1. The second-order valence-corrected chi connectivity index (χ2v) is 9.09. The fourth-order valence-corrected chi connectivity index (χ4v) is 4.52. The van der Waals surface area contributed by atoms with Crippen LogP contribution in [0.3, 0.4) is 0 Å². The molecule has 0 atom stereocenters. The SMILES string of the molecule is C=CC(=O)Nc1cccc(Oc2nc(Nc3ccc(CC4CN(CCF)C4)cc3OC)nc3[nH]ccc23)c1. The number of aromatic amines is 1. The van der Waals surface area contributed by atoms with Crippen molar-refractivity contribution in [3.63, 3.8) is 0 Å². The van der Waals surface area contributed by atoms with E-state index in [9.17, 15) is 9.18 Å². The molecule has 10 heteroatoms. The molecule has 1 aliphatic heterocycles. The van der Waals surface area contributed by atoms with Gasteiger partial charge in [-0.2, -0.15) is 9.97 Å². The van der Waals surface area contributed by atoms with Crippen molar-refractivity contribution >= 4 is 34.3 Å². The third-order valence-corrected chi connectivity index (χ3v) is 6.35. The minimum absolute atomic E-state index is 0.301. The van der Waals surface area contributed by atoms with Gasteiger partial charge in [-0.3, -0.25) is 4.79 Å². The summed E-state index contributed by atoms with van der Waals surface area (Å²) in [4.78, 5) is 26.1. The van der Waals surface area contributed by atoms with Crippen LogP contribution in [0.25, 0.3) is 11.0 Å². The molecular weight excluding hydrogens is 487 g/mol. The van der Waals surface area contributed by atoms with Gasteiger partial charge in [0.25, 0.3) is 0 Å². The smallest absolute Gasteiger partial charge is 0.247 e. The highest BCUT2D eigenvalue weighted by Gasteiger charge is 2.26. The number of amides is 1. The Morgan fingerprint density at radius 2 is 2.11 bits per heavy atom. The van der Waals surface area contributed by atoms with Crippen LogP contribution in [-0.4, -0.2) is 59.2 Å². The molecule has 0 bridgehead atoms. The van der Waals surface area contributed by atoms with Gasteiger partial charge in [0.15, 0.2) is 0 Å². The van der Waals surface area contributed by atoms with Gasteiger partial charge in [0, 0.05) is 37.6 Å². The molecule has 0 unspecified atom stereocenters. The van der Waals surface area contributed by atoms with Crippen molar-refractivity contribution in [3.8, 4) is 17.4 Å². The van der Waals surface area contributed by atoms with E-state index >= 15 is 0 Å². The topological polar surface area (TPSA) is 104 Å². The molecule has 3 N–H and O–H groups in total. The average Bonchev–Trinajstić information content (AvgIpc) is 3.37. The first-order chi connectivity index (χ1) is 18.5. The lowest BCUT2D eigenvalue weighted by molar-refractivity contribution is -0.111. The van der Waals surface area contributed by atoms with Crippen molar-refractivity contribution in [2.24, 2.45) is 5.92 Å².